The van der Waals surface area contributed by atoms with Crippen molar-refractivity contribution < 1.29 is 15.1 Å². The summed E-state index contributed by atoms with van der Waals surface area (Å²) in [4.78, 5) is 11.4. The van der Waals surface area contributed by atoms with Crippen LogP contribution in [-0.2, 0) is 11.2 Å². The van der Waals surface area contributed by atoms with Crippen LogP contribution in [0.4, 0.5) is 5.69 Å². The fourth-order valence-corrected chi connectivity index (χ4v) is 1.99. The van der Waals surface area contributed by atoms with Crippen molar-refractivity contribution in [1.29, 1.82) is 0 Å². The topological polar surface area (TPSA) is 60.8 Å². The Morgan fingerprint density at radius 2 is 2.25 bits per heavy atom. The van der Waals surface area contributed by atoms with Crippen LogP contribution < -0.4 is 5.06 Å². The summed E-state index contributed by atoms with van der Waals surface area (Å²) in [6.07, 6.45) is 1.03. The molecule has 1 aromatic rings. The predicted octanol–water partition coefficient (Wildman–Crippen LogP) is 1.80. The quantitative estimate of drug-likeness (QED) is 0.748. The minimum absolute atomic E-state index is 0.0589. The highest BCUT2D eigenvalue weighted by Gasteiger charge is 2.29. The lowest BCUT2D eigenvalue weighted by atomic mass is 9.97. The second kappa shape index (κ2) is 4.23. The first-order chi connectivity index (χ1) is 7.63. The summed E-state index contributed by atoms with van der Waals surface area (Å²) in [5, 5.41) is 20.0. The predicted molar refractivity (Wildman–Crippen MR) is 59.3 cm³/mol. The number of carbonyl (C=O) groups is 1. The van der Waals surface area contributed by atoms with Crippen molar-refractivity contribution in [3.63, 3.8) is 0 Å². The van der Waals surface area contributed by atoms with Gasteiger partial charge in [0.15, 0.2) is 0 Å². The summed E-state index contributed by atoms with van der Waals surface area (Å²) in [6, 6.07) is 5.47. The lowest BCUT2D eigenvalue weighted by Crippen LogP contribution is -2.33. The Bertz CT molecular complexity index is 417. The normalized spacial score (nSPS) is 19.8. The molecule has 16 heavy (non-hydrogen) atoms. The average Bonchev–Trinajstić information content (AvgIpc) is 2.26. The molecule has 4 heteroatoms. The first-order valence-electron chi connectivity index (χ1n) is 5.46. The van der Waals surface area contributed by atoms with Gasteiger partial charge >= 0.3 is 0 Å². The number of carbonyl (C=O) groups excluding carboxylic acids is 1. The van der Waals surface area contributed by atoms with E-state index < -0.39 is 12.0 Å². The maximum atomic E-state index is 11.4. The van der Waals surface area contributed by atoms with Crippen LogP contribution in [0.5, 0.6) is 0 Å². The van der Waals surface area contributed by atoms with E-state index in [1.807, 2.05) is 6.07 Å². The van der Waals surface area contributed by atoms with E-state index in [1.54, 1.807) is 12.1 Å². The number of amides is 1. The number of anilines is 1. The summed E-state index contributed by atoms with van der Waals surface area (Å²) < 4.78 is 0. The van der Waals surface area contributed by atoms with Gasteiger partial charge in [0.05, 0.1) is 18.2 Å². The van der Waals surface area contributed by atoms with Crippen molar-refractivity contribution in [1.82, 2.24) is 0 Å². The maximum absolute atomic E-state index is 11.4. The summed E-state index contributed by atoms with van der Waals surface area (Å²) >= 11 is 0. The third kappa shape index (κ3) is 1.81. The molecule has 0 saturated carbocycles. The molecule has 1 aromatic carbocycles. The van der Waals surface area contributed by atoms with Gasteiger partial charge in [-0.25, -0.2) is 0 Å². The minimum atomic E-state index is -0.804. The second-order valence-electron chi connectivity index (χ2n) is 4.07. The molecule has 0 spiro atoms. The minimum Gasteiger partial charge on any atom is -0.388 e. The number of fused-ring (bicyclic) bond motifs is 1. The zero-order chi connectivity index (χ0) is 11.7. The Labute approximate surface area is 94.1 Å². The summed E-state index contributed by atoms with van der Waals surface area (Å²) in [7, 11) is 0. The number of nitrogens with zero attached hydrogens (tertiary/aromatic N) is 1. The Morgan fingerprint density at radius 3 is 2.94 bits per heavy atom. The molecule has 86 valence electrons. The molecule has 0 bridgehead atoms. The van der Waals surface area contributed by atoms with Crippen molar-refractivity contribution >= 4 is 11.6 Å². The second-order valence-corrected chi connectivity index (χ2v) is 4.07. The molecule has 0 aromatic heterocycles. The largest absolute Gasteiger partial charge is 0.388 e. The molecule has 1 atom stereocenters. The molecular formula is C12H15NO3. The van der Waals surface area contributed by atoms with Crippen LogP contribution in [0.25, 0.3) is 0 Å². The molecule has 2 N–H and O–H groups in total. The fraction of sp³-hybridized carbons (Fsp3) is 0.417. The Morgan fingerprint density at radius 1 is 1.50 bits per heavy atom. The first-order valence-corrected chi connectivity index (χ1v) is 5.46. The van der Waals surface area contributed by atoms with Crippen LogP contribution in [0, 0.1) is 0 Å². The van der Waals surface area contributed by atoms with E-state index in [9.17, 15) is 15.1 Å². The van der Waals surface area contributed by atoms with Crippen molar-refractivity contribution in [3.8, 4) is 0 Å². The number of hydrogen-bond donors (Lipinski definition) is 2. The van der Waals surface area contributed by atoms with Crippen molar-refractivity contribution in [2.75, 3.05) is 5.06 Å². The molecule has 0 radical (unpaired) electrons. The third-order valence-electron chi connectivity index (χ3n) is 2.82. The lowest BCUT2D eigenvalue weighted by Gasteiger charge is -2.27. The highest BCUT2D eigenvalue weighted by atomic mass is 16.5. The smallest absolute Gasteiger partial charge is 0.253 e. The van der Waals surface area contributed by atoms with Gasteiger partial charge < -0.3 is 5.11 Å². The van der Waals surface area contributed by atoms with Gasteiger partial charge in [-0.1, -0.05) is 25.5 Å². The molecule has 1 unspecified atom stereocenters. The summed E-state index contributed by atoms with van der Waals surface area (Å²) in [6.45, 7) is 2.07. The van der Waals surface area contributed by atoms with Gasteiger partial charge in [0.2, 0.25) is 0 Å². The van der Waals surface area contributed by atoms with Crippen LogP contribution in [0.1, 0.15) is 37.0 Å². The molecule has 1 aliphatic heterocycles. The maximum Gasteiger partial charge on any atom is 0.253 e. The van der Waals surface area contributed by atoms with E-state index in [1.165, 1.54) is 0 Å². The molecule has 0 saturated heterocycles. The van der Waals surface area contributed by atoms with E-state index in [2.05, 4.69) is 6.92 Å². The average molecular weight is 221 g/mol. The standard InChI is InChI=1S/C12H15NO3/c1-2-3-8-4-5-9-10(6-8)13(16)12(15)7-11(9)14/h4-6,11,14,16H,2-3,7H2,1H3. The van der Waals surface area contributed by atoms with Crippen LogP contribution in [0.2, 0.25) is 0 Å². The Kier molecular flexibility index (Phi) is 2.94. The highest BCUT2D eigenvalue weighted by molar-refractivity contribution is 5.94. The van der Waals surface area contributed by atoms with Crippen LogP contribution >= 0.6 is 0 Å². The monoisotopic (exact) mass is 221 g/mol. The van der Waals surface area contributed by atoms with Gasteiger partial charge in [0.1, 0.15) is 0 Å². The number of hydroxylamine groups is 1. The number of aliphatic hydroxyl groups excluding tert-OH is 1. The van der Waals surface area contributed by atoms with Crippen molar-refractivity contribution in [2.24, 2.45) is 0 Å². The van der Waals surface area contributed by atoms with E-state index in [-0.39, 0.29) is 6.42 Å². The van der Waals surface area contributed by atoms with Crippen molar-refractivity contribution in [2.45, 2.75) is 32.3 Å². The lowest BCUT2D eigenvalue weighted by molar-refractivity contribution is -0.126. The van der Waals surface area contributed by atoms with E-state index in [4.69, 9.17) is 0 Å². The van der Waals surface area contributed by atoms with Crippen LogP contribution in [0.3, 0.4) is 0 Å². The molecule has 0 fully saturated rings. The van der Waals surface area contributed by atoms with Gasteiger partial charge in [-0.15, -0.1) is 0 Å². The van der Waals surface area contributed by atoms with Crippen LogP contribution in [0.15, 0.2) is 18.2 Å². The van der Waals surface area contributed by atoms with E-state index in [0.717, 1.165) is 18.4 Å². The Hall–Kier alpha value is -1.39. The van der Waals surface area contributed by atoms with Gasteiger partial charge in [-0.2, -0.15) is 5.06 Å². The van der Waals surface area contributed by atoms with Gasteiger partial charge in [-0.3, -0.25) is 10.0 Å². The molecular weight excluding hydrogens is 206 g/mol. The third-order valence-corrected chi connectivity index (χ3v) is 2.82. The molecule has 1 aliphatic rings. The molecule has 1 amide bonds. The van der Waals surface area contributed by atoms with E-state index >= 15 is 0 Å². The molecule has 2 rings (SSSR count). The molecule has 0 aliphatic carbocycles. The van der Waals surface area contributed by atoms with Gasteiger partial charge in [-0.05, 0) is 18.1 Å². The molecule has 4 nitrogen and oxygen atoms in total. The Balaban J connectivity index is 2.43. The summed E-state index contributed by atoms with van der Waals surface area (Å²) in [5.74, 6) is -0.464. The fourth-order valence-electron chi connectivity index (χ4n) is 1.99. The first kappa shape index (κ1) is 11.1. The number of rotatable bonds is 2. The summed E-state index contributed by atoms with van der Waals surface area (Å²) in [5.41, 5.74) is 2.08. The van der Waals surface area contributed by atoms with E-state index in [0.29, 0.717) is 16.3 Å². The zero-order valence-electron chi connectivity index (χ0n) is 9.18. The number of benzene rings is 1. The number of aliphatic hydroxyl groups is 1. The van der Waals surface area contributed by atoms with Crippen LogP contribution in [-0.4, -0.2) is 16.2 Å². The zero-order valence-corrected chi connectivity index (χ0v) is 9.18. The van der Waals surface area contributed by atoms with Gasteiger partial charge in [0, 0.05) is 5.56 Å². The molecule has 1 heterocycles. The van der Waals surface area contributed by atoms with Gasteiger partial charge in [0.25, 0.3) is 5.91 Å². The SMILES string of the molecule is CCCc1ccc2c(c1)N(O)C(=O)CC2O. The number of aryl methyl sites for hydroxylation is 1. The highest BCUT2D eigenvalue weighted by Crippen LogP contribution is 2.34. The number of hydrogen-bond acceptors (Lipinski definition) is 3. The van der Waals surface area contributed by atoms with Crippen molar-refractivity contribution in [3.05, 3.63) is 29.3 Å².